The van der Waals surface area contributed by atoms with Crippen LogP contribution in [0.5, 0.6) is 0 Å². The lowest BCUT2D eigenvalue weighted by Crippen LogP contribution is -2.32. The van der Waals surface area contributed by atoms with Crippen LogP contribution in [-0.4, -0.2) is 29.9 Å². The predicted octanol–water partition coefficient (Wildman–Crippen LogP) is 4.29. The van der Waals surface area contributed by atoms with Gasteiger partial charge in [-0.25, -0.2) is 0 Å². The fourth-order valence-electron chi connectivity index (χ4n) is 2.52. The molecule has 0 radical (unpaired) electrons. The normalized spacial score (nSPS) is 17.1. The molecule has 1 saturated carbocycles. The third-order valence-electron chi connectivity index (χ3n) is 3.69. The monoisotopic (exact) mass is 309 g/mol. The third kappa shape index (κ3) is 4.40. The Labute approximate surface area is 120 Å². The van der Waals surface area contributed by atoms with E-state index in [1.54, 1.807) is 0 Å². The number of nitrogens with zero attached hydrogens (tertiary/aromatic N) is 1. The highest BCUT2D eigenvalue weighted by atomic mass is 79.9. The Hall–Kier alpha value is -0.340. The van der Waals surface area contributed by atoms with Crippen LogP contribution in [0, 0.1) is 5.92 Å². The molecule has 0 amide bonds. The maximum Gasteiger partial charge on any atom is 0.0112 e. The topological polar surface area (TPSA) is 3.24 Å². The molecule has 1 aromatic rings. The van der Waals surface area contributed by atoms with Crippen LogP contribution in [0.3, 0.4) is 0 Å². The Bertz CT molecular complexity index is 334. The highest BCUT2D eigenvalue weighted by molar-refractivity contribution is 9.09. The Kier molecular flexibility index (Phi) is 5.71. The predicted molar refractivity (Wildman–Crippen MR) is 82.4 cm³/mol. The SMILES string of the molecule is CCCN(CC1CC1)CC(CBr)c1ccccc1. The smallest absolute Gasteiger partial charge is 0.0112 e. The molecule has 0 saturated heterocycles. The maximum atomic E-state index is 3.69. The molecule has 1 aliphatic rings. The lowest BCUT2D eigenvalue weighted by atomic mass is 10.0. The van der Waals surface area contributed by atoms with Crippen molar-refractivity contribution in [1.29, 1.82) is 0 Å². The molecule has 1 unspecified atom stereocenters. The second-order valence-corrected chi connectivity index (χ2v) is 6.11. The van der Waals surface area contributed by atoms with Crippen molar-refractivity contribution in [1.82, 2.24) is 4.90 Å². The van der Waals surface area contributed by atoms with E-state index in [1.807, 2.05) is 0 Å². The first-order valence-corrected chi connectivity index (χ1v) is 8.29. The van der Waals surface area contributed by atoms with Crippen molar-refractivity contribution < 1.29 is 0 Å². The summed E-state index contributed by atoms with van der Waals surface area (Å²) in [4.78, 5) is 2.66. The van der Waals surface area contributed by atoms with Crippen molar-refractivity contribution >= 4 is 15.9 Å². The van der Waals surface area contributed by atoms with Crippen LogP contribution in [0.25, 0.3) is 0 Å². The standard InChI is InChI=1S/C16H24BrN/c1-2-10-18(12-14-8-9-14)13-16(11-17)15-6-4-3-5-7-15/h3-7,14,16H,2,8-13H2,1H3. The molecule has 1 nitrogen and oxygen atoms in total. The zero-order chi connectivity index (χ0) is 12.8. The number of rotatable bonds is 8. The molecule has 0 aromatic heterocycles. The van der Waals surface area contributed by atoms with Gasteiger partial charge in [-0.15, -0.1) is 0 Å². The highest BCUT2D eigenvalue weighted by Gasteiger charge is 2.25. The van der Waals surface area contributed by atoms with E-state index in [0.29, 0.717) is 5.92 Å². The second-order valence-electron chi connectivity index (χ2n) is 5.46. The second kappa shape index (κ2) is 7.30. The number of benzene rings is 1. The van der Waals surface area contributed by atoms with Gasteiger partial charge in [0.15, 0.2) is 0 Å². The average molecular weight is 310 g/mol. The summed E-state index contributed by atoms with van der Waals surface area (Å²) in [5, 5.41) is 1.06. The molecule has 0 spiro atoms. The number of hydrogen-bond acceptors (Lipinski definition) is 1. The molecule has 0 bridgehead atoms. The van der Waals surface area contributed by atoms with Crippen molar-refractivity contribution in [2.45, 2.75) is 32.1 Å². The van der Waals surface area contributed by atoms with Gasteiger partial charge in [0, 0.05) is 24.3 Å². The van der Waals surface area contributed by atoms with Gasteiger partial charge in [0.05, 0.1) is 0 Å². The van der Waals surface area contributed by atoms with Gasteiger partial charge in [-0.3, -0.25) is 0 Å². The molecule has 1 fully saturated rings. The average Bonchev–Trinajstić information content (AvgIpc) is 3.21. The number of hydrogen-bond donors (Lipinski definition) is 0. The van der Waals surface area contributed by atoms with E-state index >= 15 is 0 Å². The van der Waals surface area contributed by atoms with Gasteiger partial charge in [-0.1, -0.05) is 53.2 Å². The van der Waals surface area contributed by atoms with Crippen LogP contribution < -0.4 is 0 Å². The molecule has 1 atom stereocenters. The lowest BCUT2D eigenvalue weighted by molar-refractivity contribution is 0.252. The van der Waals surface area contributed by atoms with Gasteiger partial charge in [-0.2, -0.15) is 0 Å². The van der Waals surface area contributed by atoms with E-state index in [1.165, 1.54) is 44.5 Å². The summed E-state index contributed by atoms with van der Waals surface area (Å²) in [6.07, 6.45) is 4.16. The van der Waals surface area contributed by atoms with Gasteiger partial charge in [0.2, 0.25) is 0 Å². The molecule has 2 rings (SSSR count). The Balaban J connectivity index is 1.93. The first kappa shape index (κ1) is 14.1. The summed E-state index contributed by atoms with van der Waals surface area (Å²) < 4.78 is 0. The Morgan fingerprint density at radius 2 is 2.00 bits per heavy atom. The quantitative estimate of drug-likeness (QED) is 0.648. The molecule has 0 heterocycles. The number of halogens is 1. The minimum atomic E-state index is 0.622. The van der Waals surface area contributed by atoms with E-state index in [4.69, 9.17) is 0 Å². The summed E-state index contributed by atoms with van der Waals surface area (Å²) in [5.74, 6) is 1.61. The fourth-order valence-corrected chi connectivity index (χ4v) is 3.10. The van der Waals surface area contributed by atoms with Gasteiger partial charge in [0.1, 0.15) is 0 Å². The van der Waals surface area contributed by atoms with E-state index in [0.717, 1.165) is 11.2 Å². The van der Waals surface area contributed by atoms with E-state index in [9.17, 15) is 0 Å². The zero-order valence-electron chi connectivity index (χ0n) is 11.3. The summed E-state index contributed by atoms with van der Waals surface area (Å²) in [6, 6.07) is 10.9. The zero-order valence-corrected chi connectivity index (χ0v) is 12.9. The van der Waals surface area contributed by atoms with Crippen LogP contribution in [0.4, 0.5) is 0 Å². The molecular formula is C16H24BrN. The minimum absolute atomic E-state index is 0.622. The van der Waals surface area contributed by atoms with E-state index in [-0.39, 0.29) is 0 Å². The molecule has 1 aromatic carbocycles. The van der Waals surface area contributed by atoms with Gasteiger partial charge < -0.3 is 4.90 Å². The van der Waals surface area contributed by atoms with E-state index < -0.39 is 0 Å². The molecule has 2 heteroatoms. The summed E-state index contributed by atoms with van der Waals surface area (Å²) >= 11 is 3.69. The minimum Gasteiger partial charge on any atom is -0.302 e. The van der Waals surface area contributed by atoms with Crippen molar-refractivity contribution in [3.05, 3.63) is 35.9 Å². The number of alkyl halides is 1. The summed E-state index contributed by atoms with van der Waals surface area (Å²) in [5.41, 5.74) is 1.46. The van der Waals surface area contributed by atoms with Crippen LogP contribution in [0.2, 0.25) is 0 Å². The van der Waals surface area contributed by atoms with Crippen LogP contribution >= 0.6 is 15.9 Å². The van der Waals surface area contributed by atoms with Gasteiger partial charge in [-0.05, 0) is 37.3 Å². The summed E-state index contributed by atoms with van der Waals surface area (Å²) in [6.45, 7) is 6.03. The van der Waals surface area contributed by atoms with Crippen LogP contribution in [-0.2, 0) is 0 Å². The Morgan fingerprint density at radius 3 is 2.56 bits per heavy atom. The van der Waals surface area contributed by atoms with Crippen LogP contribution in [0.15, 0.2) is 30.3 Å². The summed E-state index contributed by atoms with van der Waals surface area (Å²) in [7, 11) is 0. The molecule has 18 heavy (non-hydrogen) atoms. The fraction of sp³-hybridized carbons (Fsp3) is 0.625. The molecule has 1 aliphatic carbocycles. The Morgan fingerprint density at radius 1 is 1.28 bits per heavy atom. The molecular weight excluding hydrogens is 286 g/mol. The molecule has 0 aliphatic heterocycles. The first-order chi connectivity index (χ1) is 8.83. The van der Waals surface area contributed by atoms with E-state index in [2.05, 4.69) is 58.1 Å². The van der Waals surface area contributed by atoms with Crippen molar-refractivity contribution in [2.24, 2.45) is 5.92 Å². The first-order valence-electron chi connectivity index (χ1n) is 7.16. The van der Waals surface area contributed by atoms with Gasteiger partial charge >= 0.3 is 0 Å². The molecule has 0 N–H and O–H groups in total. The van der Waals surface area contributed by atoms with Crippen LogP contribution in [0.1, 0.15) is 37.7 Å². The third-order valence-corrected chi connectivity index (χ3v) is 4.47. The van der Waals surface area contributed by atoms with Crippen molar-refractivity contribution in [3.63, 3.8) is 0 Å². The highest BCUT2D eigenvalue weighted by Crippen LogP contribution is 2.30. The lowest BCUT2D eigenvalue weighted by Gasteiger charge is -2.26. The van der Waals surface area contributed by atoms with Crippen molar-refractivity contribution in [2.75, 3.05) is 25.0 Å². The maximum absolute atomic E-state index is 3.69. The van der Waals surface area contributed by atoms with Gasteiger partial charge in [0.25, 0.3) is 0 Å². The van der Waals surface area contributed by atoms with Crippen molar-refractivity contribution in [3.8, 4) is 0 Å². The molecule has 100 valence electrons. The largest absolute Gasteiger partial charge is 0.302 e.